The van der Waals surface area contributed by atoms with Gasteiger partial charge in [-0.15, -0.1) is 0 Å². The zero-order valence-electron chi connectivity index (χ0n) is 11.6. The number of alkyl halides is 3. The number of hydrogen-bond acceptors (Lipinski definition) is 3. The van der Waals surface area contributed by atoms with Crippen molar-refractivity contribution in [1.29, 1.82) is 0 Å². The lowest BCUT2D eigenvalue weighted by Gasteiger charge is -2.27. The molecule has 1 aromatic carbocycles. The van der Waals surface area contributed by atoms with Gasteiger partial charge in [-0.1, -0.05) is 19.1 Å². The lowest BCUT2D eigenvalue weighted by Crippen LogP contribution is -2.50. The van der Waals surface area contributed by atoms with Gasteiger partial charge in [0.2, 0.25) is 5.91 Å². The fourth-order valence-corrected chi connectivity index (χ4v) is 3.11. The molecule has 0 aliphatic carbocycles. The molecule has 0 bridgehead atoms. The molecule has 1 heterocycles. The molecule has 1 aliphatic heterocycles. The van der Waals surface area contributed by atoms with Crippen molar-refractivity contribution in [2.75, 3.05) is 11.9 Å². The number of halogens is 3. The summed E-state index contributed by atoms with van der Waals surface area (Å²) in [6, 6.07) is 5.97. The van der Waals surface area contributed by atoms with Gasteiger partial charge < -0.3 is 10.6 Å². The topological polar surface area (TPSA) is 41.1 Å². The van der Waals surface area contributed by atoms with E-state index in [1.54, 1.807) is 6.07 Å². The fraction of sp³-hybridized carbons (Fsp3) is 0.500. The van der Waals surface area contributed by atoms with Crippen molar-refractivity contribution in [2.45, 2.75) is 42.1 Å². The first kappa shape index (κ1) is 16.2. The van der Waals surface area contributed by atoms with Crippen molar-refractivity contribution in [2.24, 2.45) is 0 Å². The van der Waals surface area contributed by atoms with Crippen LogP contribution in [0.1, 0.15) is 26.2 Å². The molecule has 3 nitrogen and oxygen atoms in total. The van der Waals surface area contributed by atoms with E-state index in [2.05, 4.69) is 10.6 Å². The number of hydrogen-bond donors (Lipinski definition) is 2. The Bertz CT molecular complexity index is 513. The van der Waals surface area contributed by atoms with Crippen molar-refractivity contribution in [3.05, 3.63) is 24.3 Å². The number of carbonyl (C=O) groups is 1. The Hall–Kier alpha value is -1.21. The highest BCUT2D eigenvalue weighted by Crippen LogP contribution is 2.40. The monoisotopic (exact) mass is 318 g/mol. The second-order valence-corrected chi connectivity index (χ2v) is 6.07. The number of para-hydroxylation sites is 1. The molecule has 21 heavy (non-hydrogen) atoms. The predicted octanol–water partition coefficient (Wildman–Crippen LogP) is 3.77. The summed E-state index contributed by atoms with van der Waals surface area (Å²) in [7, 11) is 0. The first-order valence-electron chi connectivity index (χ1n) is 6.77. The maximum Gasteiger partial charge on any atom is 0.446 e. The third-order valence-corrected chi connectivity index (χ3v) is 4.45. The van der Waals surface area contributed by atoms with E-state index in [4.69, 9.17) is 0 Å². The number of thioether (sulfide) groups is 1. The van der Waals surface area contributed by atoms with Crippen LogP contribution in [0.2, 0.25) is 0 Å². The lowest BCUT2D eigenvalue weighted by atomic mass is 9.93. The third kappa shape index (κ3) is 3.91. The molecule has 116 valence electrons. The number of anilines is 1. The predicted molar refractivity (Wildman–Crippen MR) is 77.2 cm³/mol. The summed E-state index contributed by atoms with van der Waals surface area (Å²) < 4.78 is 37.6. The number of amides is 1. The van der Waals surface area contributed by atoms with Crippen molar-refractivity contribution < 1.29 is 18.0 Å². The van der Waals surface area contributed by atoms with Crippen molar-refractivity contribution in [3.63, 3.8) is 0 Å². The van der Waals surface area contributed by atoms with E-state index >= 15 is 0 Å². The highest BCUT2D eigenvalue weighted by Gasteiger charge is 2.39. The molecule has 0 spiro atoms. The Labute approximate surface area is 125 Å². The van der Waals surface area contributed by atoms with Crippen LogP contribution in [0.3, 0.4) is 0 Å². The molecule has 0 saturated carbocycles. The average Bonchev–Trinajstić information content (AvgIpc) is 2.89. The molecule has 1 aliphatic rings. The van der Waals surface area contributed by atoms with Crippen LogP contribution in [-0.4, -0.2) is 23.5 Å². The molecule has 0 aromatic heterocycles. The number of rotatable bonds is 4. The van der Waals surface area contributed by atoms with Crippen molar-refractivity contribution in [3.8, 4) is 0 Å². The van der Waals surface area contributed by atoms with Crippen LogP contribution in [0.25, 0.3) is 0 Å². The van der Waals surface area contributed by atoms with Crippen molar-refractivity contribution in [1.82, 2.24) is 5.32 Å². The molecule has 1 saturated heterocycles. The molecule has 1 aromatic rings. The van der Waals surface area contributed by atoms with Crippen LogP contribution in [-0.2, 0) is 4.79 Å². The van der Waals surface area contributed by atoms with Gasteiger partial charge in [0, 0.05) is 4.90 Å². The van der Waals surface area contributed by atoms with E-state index in [9.17, 15) is 18.0 Å². The van der Waals surface area contributed by atoms with Gasteiger partial charge in [0.25, 0.3) is 0 Å². The summed E-state index contributed by atoms with van der Waals surface area (Å²) in [6.07, 6.45) is 2.19. The van der Waals surface area contributed by atoms with Gasteiger partial charge in [0.1, 0.15) is 0 Å². The Morgan fingerprint density at radius 2 is 2.14 bits per heavy atom. The Morgan fingerprint density at radius 3 is 2.71 bits per heavy atom. The van der Waals surface area contributed by atoms with Gasteiger partial charge in [-0.2, -0.15) is 13.2 Å². The van der Waals surface area contributed by atoms with E-state index < -0.39 is 11.0 Å². The summed E-state index contributed by atoms with van der Waals surface area (Å²) in [6.45, 7) is 2.65. The third-order valence-electron chi connectivity index (χ3n) is 3.64. The first-order valence-corrected chi connectivity index (χ1v) is 7.59. The van der Waals surface area contributed by atoms with Gasteiger partial charge in [-0.3, -0.25) is 4.79 Å². The van der Waals surface area contributed by atoms with E-state index in [-0.39, 0.29) is 28.3 Å². The molecule has 1 atom stereocenters. The van der Waals surface area contributed by atoms with Crippen LogP contribution >= 0.6 is 11.8 Å². The largest absolute Gasteiger partial charge is 0.446 e. The van der Waals surface area contributed by atoms with Gasteiger partial charge in [0.05, 0.1) is 11.2 Å². The molecule has 2 rings (SSSR count). The zero-order valence-corrected chi connectivity index (χ0v) is 12.4. The second kappa shape index (κ2) is 6.27. The minimum atomic E-state index is -4.38. The minimum Gasteiger partial charge on any atom is -0.323 e. The second-order valence-electron chi connectivity index (χ2n) is 4.96. The SMILES string of the molecule is CCC1(C(=O)Nc2ccccc2SC(F)(F)F)CCCN1. The molecule has 1 fully saturated rings. The number of benzene rings is 1. The van der Waals surface area contributed by atoms with Gasteiger partial charge in [-0.05, 0) is 49.7 Å². The Morgan fingerprint density at radius 1 is 1.43 bits per heavy atom. The van der Waals surface area contributed by atoms with Crippen LogP contribution in [0.5, 0.6) is 0 Å². The summed E-state index contributed by atoms with van der Waals surface area (Å²) >= 11 is -0.217. The first-order chi connectivity index (χ1) is 9.86. The number of carbonyl (C=O) groups excluding carboxylic acids is 1. The van der Waals surface area contributed by atoms with Crippen LogP contribution in [0.4, 0.5) is 18.9 Å². The summed E-state index contributed by atoms with van der Waals surface area (Å²) in [5.74, 6) is -0.266. The van der Waals surface area contributed by atoms with E-state index in [0.717, 1.165) is 13.0 Å². The average molecular weight is 318 g/mol. The maximum atomic E-state index is 12.5. The number of nitrogens with one attached hydrogen (secondary N) is 2. The lowest BCUT2D eigenvalue weighted by molar-refractivity contribution is -0.122. The smallest absolute Gasteiger partial charge is 0.323 e. The molecule has 1 amide bonds. The fourth-order valence-electron chi connectivity index (χ4n) is 2.49. The van der Waals surface area contributed by atoms with E-state index in [0.29, 0.717) is 12.8 Å². The highest BCUT2D eigenvalue weighted by atomic mass is 32.2. The van der Waals surface area contributed by atoms with Crippen LogP contribution in [0.15, 0.2) is 29.2 Å². The minimum absolute atomic E-state index is 0.00241. The summed E-state index contributed by atoms with van der Waals surface area (Å²) in [5, 5.41) is 5.81. The highest BCUT2D eigenvalue weighted by molar-refractivity contribution is 8.00. The molecular formula is C14H17F3N2OS. The quantitative estimate of drug-likeness (QED) is 0.830. The van der Waals surface area contributed by atoms with Crippen LogP contribution < -0.4 is 10.6 Å². The van der Waals surface area contributed by atoms with E-state index in [1.807, 2.05) is 6.92 Å². The molecule has 7 heteroatoms. The zero-order chi connectivity index (χ0) is 15.5. The van der Waals surface area contributed by atoms with Crippen LogP contribution in [0, 0.1) is 0 Å². The standard InChI is InChI=1S/C14H17F3N2OS/c1-2-13(8-5-9-18-13)12(20)19-10-6-3-4-7-11(10)21-14(15,16)17/h3-4,6-7,18H,2,5,8-9H2,1H3,(H,19,20). The van der Waals surface area contributed by atoms with E-state index in [1.165, 1.54) is 18.2 Å². The maximum absolute atomic E-state index is 12.5. The Kier molecular flexibility index (Phi) is 4.83. The van der Waals surface area contributed by atoms with Gasteiger partial charge >= 0.3 is 5.51 Å². The molecule has 2 N–H and O–H groups in total. The Balaban J connectivity index is 2.17. The molecular weight excluding hydrogens is 301 g/mol. The molecule has 0 radical (unpaired) electrons. The van der Waals surface area contributed by atoms with Crippen molar-refractivity contribution >= 4 is 23.4 Å². The summed E-state index contributed by atoms with van der Waals surface area (Å²) in [4.78, 5) is 12.4. The molecule has 1 unspecified atom stereocenters. The van der Waals surface area contributed by atoms with Gasteiger partial charge in [-0.25, -0.2) is 0 Å². The normalized spacial score (nSPS) is 22.3. The van der Waals surface area contributed by atoms with Gasteiger partial charge in [0.15, 0.2) is 0 Å². The summed E-state index contributed by atoms with van der Waals surface area (Å²) in [5.41, 5.74) is -4.85.